The Hall–Kier alpha value is -2.92. The fourth-order valence-corrected chi connectivity index (χ4v) is 3.90. The molecule has 1 saturated heterocycles. The minimum absolute atomic E-state index is 0.0919. The van der Waals surface area contributed by atoms with E-state index in [-0.39, 0.29) is 22.8 Å². The van der Waals surface area contributed by atoms with Crippen LogP contribution in [0.25, 0.3) is 0 Å². The summed E-state index contributed by atoms with van der Waals surface area (Å²) in [5, 5.41) is 4.46. The second kappa shape index (κ2) is 10.3. The largest absolute Gasteiger partial charge is 0.528 e. The Kier molecular flexibility index (Phi) is 7.75. The van der Waals surface area contributed by atoms with Crippen molar-refractivity contribution >= 4 is 27.5 Å². The van der Waals surface area contributed by atoms with Gasteiger partial charge in [-0.3, -0.25) is 0 Å². The van der Waals surface area contributed by atoms with Gasteiger partial charge < -0.3 is 19.6 Å². The van der Waals surface area contributed by atoms with Crippen LogP contribution in [-0.4, -0.2) is 56.2 Å². The Labute approximate surface area is 192 Å². The topological polar surface area (TPSA) is 107 Å². The molecule has 1 aliphatic heterocycles. The van der Waals surface area contributed by atoms with Crippen LogP contribution in [0.15, 0.2) is 35.4 Å². The van der Waals surface area contributed by atoms with Crippen molar-refractivity contribution < 1.29 is 31.9 Å². The number of ether oxygens (including phenoxy) is 2. The zero-order valence-electron chi connectivity index (χ0n) is 19.0. The SMILES string of the molecule is Cc1c(OC2CCN(OC(=O)OC(C)C)CC2)ccnc1Nc1ccc(S(C)(=O)=O)cc1F. The number of benzene rings is 1. The van der Waals surface area contributed by atoms with Crippen molar-refractivity contribution in [3.63, 3.8) is 0 Å². The summed E-state index contributed by atoms with van der Waals surface area (Å²) in [6.45, 7) is 6.31. The average Bonchev–Trinajstić information content (AvgIpc) is 2.72. The van der Waals surface area contributed by atoms with Gasteiger partial charge in [0.25, 0.3) is 0 Å². The molecule has 1 fully saturated rings. The molecule has 9 nitrogen and oxygen atoms in total. The molecule has 0 amide bonds. The second-order valence-electron chi connectivity index (χ2n) is 8.08. The van der Waals surface area contributed by atoms with Gasteiger partial charge >= 0.3 is 6.16 Å². The Balaban J connectivity index is 1.62. The van der Waals surface area contributed by atoms with Gasteiger partial charge in [-0.05, 0) is 45.0 Å². The smallest absolute Gasteiger partial charge is 0.490 e. The second-order valence-corrected chi connectivity index (χ2v) is 10.1. The summed E-state index contributed by atoms with van der Waals surface area (Å²) in [5.41, 5.74) is 0.789. The zero-order valence-corrected chi connectivity index (χ0v) is 19.8. The Bertz CT molecular complexity index is 1100. The third kappa shape index (κ3) is 6.78. The van der Waals surface area contributed by atoms with Gasteiger partial charge in [-0.25, -0.2) is 22.6 Å². The highest BCUT2D eigenvalue weighted by molar-refractivity contribution is 7.90. The molecule has 1 N–H and O–H groups in total. The van der Waals surface area contributed by atoms with E-state index in [0.717, 1.165) is 12.3 Å². The standard InChI is InChI=1S/C22H28FN3O6S/c1-14(2)30-22(27)32-26-11-8-16(9-12-26)31-20-7-10-24-21(15(20)3)25-19-6-5-17(13-18(19)23)33(4,28)29/h5-7,10,13-14,16H,8-9,11-12H2,1-4H3,(H,24,25). The number of pyridine rings is 1. The molecule has 180 valence electrons. The molecule has 0 aliphatic carbocycles. The monoisotopic (exact) mass is 481 g/mol. The van der Waals surface area contributed by atoms with E-state index in [4.69, 9.17) is 14.3 Å². The van der Waals surface area contributed by atoms with E-state index in [9.17, 15) is 17.6 Å². The molecule has 0 atom stereocenters. The molecule has 1 aliphatic rings. The van der Waals surface area contributed by atoms with E-state index >= 15 is 0 Å². The van der Waals surface area contributed by atoms with Crippen LogP contribution in [0.3, 0.4) is 0 Å². The van der Waals surface area contributed by atoms with Gasteiger partial charge in [0, 0.05) is 43.9 Å². The molecule has 33 heavy (non-hydrogen) atoms. The van der Waals surface area contributed by atoms with Crippen LogP contribution in [0.4, 0.5) is 20.7 Å². The molecule has 0 saturated carbocycles. The first-order valence-electron chi connectivity index (χ1n) is 10.6. The summed E-state index contributed by atoms with van der Waals surface area (Å²) in [7, 11) is -3.50. The number of piperidine rings is 1. The number of anilines is 2. The third-order valence-corrected chi connectivity index (χ3v) is 6.12. The first kappa shape index (κ1) is 24.7. The molecule has 2 aromatic rings. The lowest BCUT2D eigenvalue weighted by molar-refractivity contribution is -0.151. The molecule has 0 radical (unpaired) electrons. The molecule has 11 heteroatoms. The Morgan fingerprint density at radius 2 is 1.94 bits per heavy atom. The number of carbonyl (C=O) groups is 1. The fourth-order valence-electron chi connectivity index (χ4n) is 3.27. The molecular weight excluding hydrogens is 453 g/mol. The summed E-state index contributed by atoms with van der Waals surface area (Å²) in [6, 6.07) is 5.40. The number of hydrogen-bond acceptors (Lipinski definition) is 9. The maximum atomic E-state index is 14.4. The van der Waals surface area contributed by atoms with E-state index in [1.807, 2.05) is 0 Å². The van der Waals surface area contributed by atoms with Crippen LogP contribution in [-0.2, 0) is 19.4 Å². The van der Waals surface area contributed by atoms with Crippen molar-refractivity contribution in [2.24, 2.45) is 0 Å². The average molecular weight is 482 g/mol. The summed E-state index contributed by atoms with van der Waals surface area (Å²) in [5.74, 6) is 0.295. The number of carbonyl (C=O) groups excluding carboxylic acids is 1. The summed E-state index contributed by atoms with van der Waals surface area (Å²) < 4.78 is 48.8. The summed E-state index contributed by atoms with van der Waals surface area (Å²) in [6.07, 6.45) is 2.79. The van der Waals surface area contributed by atoms with E-state index in [0.29, 0.717) is 43.1 Å². The predicted octanol–water partition coefficient (Wildman–Crippen LogP) is 4.00. The van der Waals surface area contributed by atoms with Gasteiger partial charge in [0.15, 0.2) is 9.84 Å². The van der Waals surface area contributed by atoms with Crippen LogP contribution in [0.1, 0.15) is 32.3 Å². The van der Waals surface area contributed by atoms with Crippen molar-refractivity contribution in [3.8, 4) is 5.75 Å². The number of aromatic nitrogens is 1. The maximum absolute atomic E-state index is 14.4. The molecule has 1 aromatic heterocycles. The molecule has 0 bridgehead atoms. The van der Waals surface area contributed by atoms with Gasteiger partial charge in [-0.15, -0.1) is 5.06 Å². The van der Waals surface area contributed by atoms with Gasteiger partial charge in [0.1, 0.15) is 23.5 Å². The number of nitrogens with zero attached hydrogens (tertiary/aromatic N) is 2. The van der Waals surface area contributed by atoms with E-state index in [1.165, 1.54) is 12.1 Å². The normalized spacial score (nSPS) is 15.3. The minimum Gasteiger partial charge on any atom is -0.490 e. The van der Waals surface area contributed by atoms with Crippen LogP contribution in [0.5, 0.6) is 5.75 Å². The quantitative estimate of drug-likeness (QED) is 0.587. The Morgan fingerprint density at radius 1 is 1.24 bits per heavy atom. The molecule has 0 spiro atoms. The van der Waals surface area contributed by atoms with E-state index < -0.39 is 21.8 Å². The van der Waals surface area contributed by atoms with Gasteiger partial charge in [-0.1, -0.05) is 0 Å². The van der Waals surface area contributed by atoms with Gasteiger partial charge in [0.2, 0.25) is 0 Å². The number of hydroxylamine groups is 2. The number of hydrogen-bond donors (Lipinski definition) is 1. The molecule has 1 aromatic carbocycles. The maximum Gasteiger partial charge on any atom is 0.528 e. The summed E-state index contributed by atoms with van der Waals surface area (Å²) >= 11 is 0. The number of rotatable bonds is 7. The molecule has 3 rings (SSSR count). The van der Waals surface area contributed by atoms with Crippen LogP contribution < -0.4 is 10.1 Å². The van der Waals surface area contributed by atoms with Crippen molar-refractivity contribution in [2.45, 2.75) is 50.7 Å². The van der Waals surface area contributed by atoms with Crippen molar-refractivity contribution in [1.82, 2.24) is 10.0 Å². The van der Waals surface area contributed by atoms with E-state index in [1.54, 1.807) is 38.1 Å². The first-order chi connectivity index (χ1) is 15.5. The number of nitrogens with one attached hydrogen (secondary N) is 1. The highest BCUT2D eigenvalue weighted by atomic mass is 32.2. The first-order valence-corrected chi connectivity index (χ1v) is 12.4. The molecule has 0 unspecified atom stereocenters. The fraction of sp³-hybridized carbons (Fsp3) is 0.455. The molecule has 2 heterocycles. The Morgan fingerprint density at radius 3 is 2.55 bits per heavy atom. The van der Waals surface area contributed by atoms with Gasteiger partial charge in [0.05, 0.1) is 16.7 Å². The lowest BCUT2D eigenvalue weighted by atomic mass is 10.1. The van der Waals surface area contributed by atoms with Crippen molar-refractivity contribution in [1.29, 1.82) is 0 Å². The van der Waals surface area contributed by atoms with Crippen LogP contribution in [0.2, 0.25) is 0 Å². The van der Waals surface area contributed by atoms with Crippen molar-refractivity contribution in [2.75, 3.05) is 24.7 Å². The lowest BCUT2D eigenvalue weighted by Crippen LogP contribution is -2.40. The third-order valence-electron chi connectivity index (χ3n) is 5.01. The number of halogens is 1. The minimum atomic E-state index is -3.50. The predicted molar refractivity (Wildman–Crippen MR) is 120 cm³/mol. The van der Waals surface area contributed by atoms with E-state index in [2.05, 4.69) is 10.3 Å². The van der Waals surface area contributed by atoms with Gasteiger partial charge in [-0.2, -0.15) is 0 Å². The van der Waals surface area contributed by atoms with Crippen LogP contribution >= 0.6 is 0 Å². The van der Waals surface area contributed by atoms with Crippen LogP contribution in [0, 0.1) is 12.7 Å². The number of sulfone groups is 1. The van der Waals surface area contributed by atoms with Crippen molar-refractivity contribution in [3.05, 3.63) is 41.8 Å². The highest BCUT2D eigenvalue weighted by Crippen LogP contribution is 2.30. The zero-order chi connectivity index (χ0) is 24.2. The molecular formula is C22H28FN3O6S. The highest BCUT2D eigenvalue weighted by Gasteiger charge is 2.25. The summed E-state index contributed by atoms with van der Waals surface area (Å²) in [4.78, 5) is 21.0. The lowest BCUT2D eigenvalue weighted by Gasteiger charge is -2.31.